The first kappa shape index (κ1) is 19.6. The summed E-state index contributed by atoms with van der Waals surface area (Å²) >= 11 is 0. The molecule has 3 heterocycles. The average Bonchev–Trinajstić information content (AvgIpc) is 3.05. The van der Waals surface area contributed by atoms with E-state index in [0.717, 1.165) is 30.7 Å². The average molecular weight is 417 g/mol. The largest absolute Gasteiger partial charge is 0.473 e. The second kappa shape index (κ2) is 8.37. The predicted molar refractivity (Wildman–Crippen MR) is 107 cm³/mol. The van der Waals surface area contributed by atoms with Gasteiger partial charge in [0.05, 0.1) is 5.56 Å². The van der Waals surface area contributed by atoms with Crippen molar-refractivity contribution in [1.82, 2.24) is 34.2 Å². The second-order valence-corrected chi connectivity index (χ2v) is 7.91. The van der Waals surface area contributed by atoms with Crippen LogP contribution in [0.3, 0.4) is 0 Å². The summed E-state index contributed by atoms with van der Waals surface area (Å²) < 4.78 is 31.6. The monoisotopic (exact) mass is 417 g/mol. The summed E-state index contributed by atoms with van der Waals surface area (Å²) in [6.07, 6.45) is 7.60. The fourth-order valence-corrected chi connectivity index (χ4v) is 3.87. The van der Waals surface area contributed by atoms with Gasteiger partial charge < -0.3 is 9.30 Å². The summed E-state index contributed by atoms with van der Waals surface area (Å²) in [5, 5.41) is 0. The van der Waals surface area contributed by atoms with Gasteiger partial charge in [0, 0.05) is 25.5 Å². The van der Waals surface area contributed by atoms with Gasteiger partial charge in [0.25, 0.3) is 0 Å². The van der Waals surface area contributed by atoms with Gasteiger partial charge in [-0.15, -0.1) is 0 Å². The molecule has 11 heteroatoms. The number of rotatable bonds is 8. The molecule has 0 bridgehead atoms. The zero-order chi connectivity index (χ0) is 20.4. The number of nitrogens with one attached hydrogen (secondary N) is 1. The van der Waals surface area contributed by atoms with Gasteiger partial charge in [-0.1, -0.05) is 0 Å². The van der Waals surface area contributed by atoms with Gasteiger partial charge in [0.15, 0.2) is 11.2 Å². The van der Waals surface area contributed by atoms with Crippen LogP contribution in [0.25, 0.3) is 22.6 Å². The number of nitrogens with zero attached hydrogens (tertiary/aromatic N) is 6. The minimum Gasteiger partial charge on any atom is -0.473 e. The van der Waals surface area contributed by atoms with Crippen LogP contribution in [0.1, 0.15) is 32.0 Å². The Balaban J connectivity index is 1.52. The van der Waals surface area contributed by atoms with Crippen LogP contribution in [0.5, 0.6) is 5.88 Å². The molecule has 0 aliphatic heterocycles. The molecule has 0 aromatic carbocycles. The van der Waals surface area contributed by atoms with Crippen molar-refractivity contribution in [2.75, 3.05) is 6.54 Å². The highest BCUT2D eigenvalue weighted by Gasteiger charge is 2.31. The zero-order valence-electron chi connectivity index (χ0n) is 16.3. The third-order valence-corrected chi connectivity index (χ3v) is 5.60. The standard InChI is InChI=1S/C18H23N7O3S/c1-3-25-16(13-8-19-11(2)20-9-13)24-15-17(25)21-10-22-18(15)28-14-6-12(7-14)4-5-23-29(26)27/h8-10,12,14,29H,3-7H2,1-2H3,(H,23,26,27). The fourth-order valence-electron chi connectivity index (χ4n) is 3.55. The van der Waals surface area contributed by atoms with E-state index in [9.17, 15) is 8.42 Å². The lowest BCUT2D eigenvalue weighted by Crippen LogP contribution is -2.35. The van der Waals surface area contributed by atoms with Crippen LogP contribution in [0.2, 0.25) is 0 Å². The first-order valence-corrected chi connectivity index (χ1v) is 10.8. The van der Waals surface area contributed by atoms with E-state index >= 15 is 0 Å². The van der Waals surface area contributed by atoms with E-state index in [4.69, 9.17) is 9.72 Å². The summed E-state index contributed by atoms with van der Waals surface area (Å²) in [5.74, 6) is 2.36. The Hall–Kier alpha value is -2.66. The Morgan fingerprint density at radius 2 is 1.97 bits per heavy atom. The van der Waals surface area contributed by atoms with Crippen molar-refractivity contribution in [2.45, 2.75) is 45.8 Å². The molecule has 1 fully saturated rings. The van der Waals surface area contributed by atoms with Crippen LogP contribution in [0, 0.1) is 12.8 Å². The predicted octanol–water partition coefficient (Wildman–Crippen LogP) is 1.28. The number of aromatic nitrogens is 6. The number of hydrogen-bond donors (Lipinski definition) is 2. The Kier molecular flexibility index (Phi) is 5.67. The lowest BCUT2D eigenvalue weighted by molar-refractivity contribution is 0.0587. The second-order valence-electron chi connectivity index (χ2n) is 7.08. The molecule has 0 saturated heterocycles. The molecule has 0 atom stereocenters. The van der Waals surface area contributed by atoms with E-state index in [1.54, 1.807) is 12.4 Å². The summed E-state index contributed by atoms with van der Waals surface area (Å²) in [4.78, 5) is 22.0. The molecule has 29 heavy (non-hydrogen) atoms. The van der Waals surface area contributed by atoms with Crippen LogP contribution in [-0.4, -0.2) is 50.6 Å². The van der Waals surface area contributed by atoms with Crippen molar-refractivity contribution in [3.63, 3.8) is 0 Å². The fraction of sp³-hybridized carbons (Fsp3) is 0.500. The third kappa shape index (κ3) is 4.20. The number of imidazole rings is 1. The smallest absolute Gasteiger partial charge is 0.245 e. The normalized spacial score (nSPS) is 18.9. The minimum atomic E-state index is -2.52. The topological polar surface area (TPSA) is 125 Å². The molecule has 0 radical (unpaired) electrons. The molecular weight excluding hydrogens is 394 g/mol. The molecule has 10 nitrogen and oxygen atoms in total. The van der Waals surface area contributed by atoms with Gasteiger partial charge in [0.1, 0.15) is 24.1 Å². The van der Waals surface area contributed by atoms with Gasteiger partial charge in [-0.3, -0.25) is 0 Å². The number of fused-ring (bicyclic) bond motifs is 1. The molecule has 3 aromatic heterocycles. The summed E-state index contributed by atoms with van der Waals surface area (Å²) in [7, 11) is -2.52. The molecule has 1 aliphatic carbocycles. The number of thiol groups is 1. The molecule has 1 saturated carbocycles. The van der Waals surface area contributed by atoms with E-state index in [-0.39, 0.29) is 6.10 Å². The van der Waals surface area contributed by atoms with E-state index in [0.29, 0.717) is 41.9 Å². The van der Waals surface area contributed by atoms with E-state index < -0.39 is 10.9 Å². The molecule has 1 aliphatic rings. The van der Waals surface area contributed by atoms with Crippen LogP contribution >= 0.6 is 0 Å². The number of aryl methyl sites for hydroxylation is 2. The minimum absolute atomic E-state index is 0.0528. The van der Waals surface area contributed by atoms with Crippen molar-refractivity contribution in [2.24, 2.45) is 5.92 Å². The van der Waals surface area contributed by atoms with Crippen molar-refractivity contribution in [3.05, 3.63) is 24.5 Å². The van der Waals surface area contributed by atoms with Gasteiger partial charge in [-0.2, -0.15) is 4.98 Å². The van der Waals surface area contributed by atoms with Crippen LogP contribution in [-0.2, 0) is 17.4 Å². The quantitative estimate of drug-likeness (QED) is 0.525. The highest BCUT2D eigenvalue weighted by molar-refractivity contribution is 7.70. The van der Waals surface area contributed by atoms with Crippen molar-refractivity contribution in [1.29, 1.82) is 0 Å². The Labute approximate surface area is 169 Å². The van der Waals surface area contributed by atoms with Crippen LogP contribution < -0.4 is 9.46 Å². The Morgan fingerprint density at radius 3 is 2.66 bits per heavy atom. The van der Waals surface area contributed by atoms with Crippen molar-refractivity contribution in [3.8, 4) is 17.3 Å². The Bertz CT molecular complexity index is 1070. The summed E-state index contributed by atoms with van der Waals surface area (Å²) in [5.41, 5.74) is 2.15. The molecular formula is C18H23N7O3S. The van der Waals surface area contributed by atoms with Gasteiger partial charge in [-0.25, -0.2) is 33.1 Å². The first-order chi connectivity index (χ1) is 14.0. The highest BCUT2D eigenvalue weighted by Crippen LogP contribution is 2.35. The molecule has 3 aromatic rings. The van der Waals surface area contributed by atoms with Crippen LogP contribution in [0.4, 0.5) is 0 Å². The lowest BCUT2D eigenvalue weighted by atomic mass is 9.80. The van der Waals surface area contributed by atoms with Gasteiger partial charge >= 0.3 is 0 Å². The maximum absolute atomic E-state index is 10.6. The lowest BCUT2D eigenvalue weighted by Gasteiger charge is -2.34. The van der Waals surface area contributed by atoms with Gasteiger partial charge in [0.2, 0.25) is 16.8 Å². The van der Waals surface area contributed by atoms with Crippen LogP contribution in [0.15, 0.2) is 18.7 Å². The molecule has 0 amide bonds. The van der Waals surface area contributed by atoms with E-state index in [1.807, 2.05) is 18.4 Å². The maximum atomic E-state index is 10.6. The zero-order valence-corrected chi connectivity index (χ0v) is 17.2. The number of ether oxygens (including phenoxy) is 1. The van der Waals surface area contributed by atoms with E-state index in [1.165, 1.54) is 6.33 Å². The third-order valence-electron chi connectivity index (χ3n) is 5.12. The Morgan fingerprint density at radius 1 is 1.21 bits per heavy atom. The molecule has 1 N–H and O–H groups in total. The summed E-state index contributed by atoms with van der Waals surface area (Å²) in [6, 6.07) is 0. The van der Waals surface area contributed by atoms with E-state index in [2.05, 4.69) is 24.7 Å². The van der Waals surface area contributed by atoms with Crippen molar-refractivity contribution < 1.29 is 13.2 Å². The molecule has 154 valence electrons. The molecule has 0 unspecified atom stereocenters. The summed E-state index contributed by atoms with van der Waals surface area (Å²) in [6.45, 7) is 5.03. The first-order valence-electron chi connectivity index (χ1n) is 9.60. The van der Waals surface area contributed by atoms with Gasteiger partial charge in [-0.05, 0) is 39.0 Å². The molecule has 0 spiro atoms. The SMILES string of the molecule is CCn1c(-c2cnc(C)nc2)nc2c(OC3CC(CCN[SH](=O)=O)C3)ncnc21. The highest BCUT2D eigenvalue weighted by atomic mass is 32.2. The number of hydrogen-bond acceptors (Lipinski definition) is 8. The maximum Gasteiger partial charge on any atom is 0.245 e. The van der Waals surface area contributed by atoms with Crippen molar-refractivity contribution >= 4 is 22.1 Å². The molecule has 4 rings (SSSR count).